The first kappa shape index (κ1) is 8.69. The Bertz CT molecular complexity index is 306. The van der Waals surface area contributed by atoms with E-state index >= 15 is 0 Å². The van der Waals surface area contributed by atoms with Crippen LogP contribution in [0.15, 0.2) is 24.3 Å². The van der Waals surface area contributed by atoms with Gasteiger partial charge in [0.05, 0.1) is 6.07 Å². The summed E-state index contributed by atoms with van der Waals surface area (Å²) in [4.78, 5) is 0. The molecule has 0 heterocycles. The third-order valence-electron chi connectivity index (χ3n) is 1.52. The van der Waals surface area contributed by atoms with Gasteiger partial charge in [0.15, 0.2) is 0 Å². The predicted octanol–water partition coefficient (Wildman–Crippen LogP) is 1.25. The van der Waals surface area contributed by atoms with E-state index in [0.29, 0.717) is 5.56 Å². The smallest absolute Gasteiger partial charge is 0.144 e. The van der Waals surface area contributed by atoms with E-state index in [9.17, 15) is 4.39 Å². The summed E-state index contributed by atoms with van der Waals surface area (Å²) in [6.45, 7) is 0. The van der Waals surface area contributed by atoms with Crippen molar-refractivity contribution in [1.82, 2.24) is 0 Å². The molecule has 0 radical (unpaired) electrons. The molecule has 0 saturated heterocycles. The van der Waals surface area contributed by atoms with Gasteiger partial charge in [-0.2, -0.15) is 5.26 Å². The van der Waals surface area contributed by atoms with Gasteiger partial charge in [-0.15, -0.1) is 0 Å². The van der Waals surface area contributed by atoms with Crippen molar-refractivity contribution < 1.29 is 9.50 Å². The molecule has 0 unspecified atom stereocenters. The Morgan fingerprint density at radius 3 is 2.75 bits per heavy atom. The summed E-state index contributed by atoms with van der Waals surface area (Å²) in [5.74, 6) is -0.383. The predicted molar refractivity (Wildman–Crippen MR) is 41.7 cm³/mol. The molecular weight excluding hydrogens is 157 g/mol. The Balaban J connectivity index is 2.77. The maximum Gasteiger partial charge on any atom is 0.144 e. The summed E-state index contributed by atoms with van der Waals surface area (Å²) in [6, 6.07) is 7.72. The lowest BCUT2D eigenvalue weighted by molar-refractivity contribution is 0.229. The Hall–Kier alpha value is -1.40. The SMILES string of the molecule is N#C[C@H](O)Cc1ccccc1F. The number of halogens is 1. The lowest BCUT2D eigenvalue weighted by Gasteiger charge is -2.02. The summed E-state index contributed by atoms with van der Waals surface area (Å²) >= 11 is 0. The van der Waals surface area contributed by atoms with Crippen LogP contribution < -0.4 is 0 Å². The second-order valence-corrected chi connectivity index (χ2v) is 2.44. The number of hydrogen-bond donors (Lipinski definition) is 1. The van der Waals surface area contributed by atoms with Gasteiger partial charge < -0.3 is 5.11 Å². The van der Waals surface area contributed by atoms with Crippen molar-refractivity contribution in [3.05, 3.63) is 35.6 Å². The normalized spacial score (nSPS) is 12.1. The van der Waals surface area contributed by atoms with Crippen LogP contribution in [0.25, 0.3) is 0 Å². The van der Waals surface area contributed by atoms with Gasteiger partial charge in [0, 0.05) is 6.42 Å². The highest BCUT2D eigenvalue weighted by atomic mass is 19.1. The minimum Gasteiger partial charge on any atom is -0.378 e. The van der Waals surface area contributed by atoms with E-state index in [0.717, 1.165) is 0 Å². The van der Waals surface area contributed by atoms with Crippen molar-refractivity contribution in [2.75, 3.05) is 0 Å². The second-order valence-electron chi connectivity index (χ2n) is 2.44. The summed E-state index contributed by atoms with van der Waals surface area (Å²) in [5, 5.41) is 17.2. The fraction of sp³-hybridized carbons (Fsp3) is 0.222. The zero-order valence-corrected chi connectivity index (χ0v) is 6.37. The van der Waals surface area contributed by atoms with Gasteiger partial charge in [0.2, 0.25) is 0 Å². The van der Waals surface area contributed by atoms with Crippen LogP contribution >= 0.6 is 0 Å². The highest BCUT2D eigenvalue weighted by molar-refractivity contribution is 5.19. The molecule has 0 aliphatic heterocycles. The van der Waals surface area contributed by atoms with Crippen molar-refractivity contribution in [1.29, 1.82) is 5.26 Å². The molecule has 1 N–H and O–H groups in total. The quantitative estimate of drug-likeness (QED) is 0.670. The molecule has 0 saturated carbocycles. The highest BCUT2D eigenvalue weighted by Gasteiger charge is 2.06. The molecule has 1 aromatic carbocycles. The third kappa shape index (κ3) is 2.04. The van der Waals surface area contributed by atoms with Crippen molar-refractivity contribution in [3.63, 3.8) is 0 Å². The molecule has 1 aromatic rings. The molecule has 62 valence electrons. The van der Waals surface area contributed by atoms with Gasteiger partial charge >= 0.3 is 0 Å². The number of hydrogen-bond acceptors (Lipinski definition) is 2. The zero-order valence-electron chi connectivity index (χ0n) is 6.37. The minimum absolute atomic E-state index is 0.0448. The van der Waals surface area contributed by atoms with Crippen molar-refractivity contribution >= 4 is 0 Å². The van der Waals surface area contributed by atoms with Crippen LogP contribution in [-0.2, 0) is 6.42 Å². The molecular formula is C9H8FNO. The number of rotatable bonds is 2. The summed E-state index contributed by atoms with van der Waals surface area (Å²) in [5.41, 5.74) is 0.367. The molecule has 3 heteroatoms. The first-order chi connectivity index (χ1) is 5.74. The number of nitriles is 1. The number of aliphatic hydroxyl groups is 1. The minimum atomic E-state index is -1.12. The number of aliphatic hydroxyl groups excluding tert-OH is 1. The summed E-state index contributed by atoms with van der Waals surface area (Å²) in [6.07, 6.45) is -1.08. The van der Waals surface area contributed by atoms with Crippen LogP contribution in [0.3, 0.4) is 0 Å². The standard InChI is InChI=1S/C9H8FNO/c10-9-4-2-1-3-7(9)5-8(12)6-11/h1-4,8,12H,5H2/t8-/m1/s1. The van der Waals surface area contributed by atoms with E-state index in [1.807, 2.05) is 0 Å². The van der Waals surface area contributed by atoms with Crippen LogP contribution in [0.1, 0.15) is 5.56 Å². The Morgan fingerprint density at radius 1 is 1.50 bits per heavy atom. The number of benzene rings is 1. The van der Waals surface area contributed by atoms with Crippen molar-refractivity contribution in [2.45, 2.75) is 12.5 Å². The molecule has 12 heavy (non-hydrogen) atoms. The largest absolute Gasteiger partial charge is 0.378 e. The van der Waals surface area contributed by atoms with Gasteiger partial charge in [-0.05, 0) is 11.6 Å². The first-order valence-electron chi connectivity index (χ1n) is 3.55. The van der Waals surface area contributed by atoms with E-state index < -0.39 is 6.10 Å². The lowest BCUT2D eigenvalue weighted by atomic mass is 10.1. The zero-order chi connectivity index (χ0) is 8.97. The van der Waals surface area contributed by atoms with Gasteiger partial charge in [-0.25, -0.2) is 4.39 Å². The molecule has 0 bridgehead atoms. The molecule has 0 fully saturated rings. The fourth-order valence-corrected chi connectivity index (χ4v) is 0.918. The van der Waals surface area contributed by atoms with Gasteiger partial charge in [-0.1, -0.05) is 18.2 Å². The van der Waals surface area contributed by atoms with Crippen LogP contribution in [0.5, 0.6) is 0 Å². The molecule has 0 spiro atoms. The van der Waals surface area contributed by atoms with E-state index in [2.05, 4.69) is 0 Å². The van der Waals surface area contributed by atoms with E-state index in [1.54, 1.807) is 24.3 Å². The van der Waals surface area contributed by atoms with Crippen molar-refractivity contribution in [2.24, 2.45) is 0 Å². The Labute approximate surface area is 69.9 Å². The Morgan fingerprint density at radius 2 is 2.17 bits per heavy atom. The fourth-order valence-electron chi connectivity index (χ4n) is 0.918. The average molecular weight is 165 g/mol. The highest BCUT2D eigenvalue weighted by Crippen LogP contribution is 2.08. The molecule has 0 amide bonds. The van der Waals surface area contributed by atoms with E-state index in [4.69, 9.17) is 10.4 Å². The van der Waals surface area contributed by atoms with Crippen LogP contribution in [0.2, 0.25) is 0 Å². The molecule has 0 aliphatic rings. The molecule has 2 nitrogen and oxygen atoms in total. The maximum atomic E-state index is 12.9. The van der Waals surface area contributed by atoms with E-state index in [-0.39, 0.29) is 12.2 Å². The first-order valence-corrected chi connectivity index (χ1v) is 3.55. The monoisotopic (exact) mass is 165 g/mol. The van der Waals surface area contributed by atoms with Gasteiger partial charge in [0.1, 0.15) is 11.9 Å². The topological polar surface area (TPSA) is 44.0 Å². The molecule has 0 aliphatic carbocycles. The lowest BCUT2D eigenvalue weighted by Crippen LogP contribution is -2.07. The van der Waals surface area contributed by atoms with Crippen LogP contribution in [0.4, 0.5) is 4.39 Å². The summed E-state index contributed by atoms with van der Waals surface area (Å²) < 4.78 is 12.9. The van der Waals surface area contributed by atoms with E-state index in [1.165, 1.54) is 6.07 Å². The van der Waals surface area contributed by atoms with Gasteiger partial charge in [-0.3, -0.25) is 0 Å². The average Bonchev–Trinajstić information content (AvgIpc) is 2.09. The molecule has 0 aromatic heterocycles. The molecule has 1 atom stereocenters. The second kappa shape index (κ2) is 3.84. The summed E-state index contributed by atoms with van der Waals surface area (Å²) in [7, 11) is 0. The maximum absolute atomic E-state index is 12.9. The van der Waals surface area contributed by atoms with Gasteiger partial charge in [0.25, 0.3) is 0 Å². The van der Waals surface area contributed by atoms with Crippen LogP contribution in [0, 0.1) is 17.1 Å². The van der Waals surface area contributed by atoms with Crippen molar-refractivity contribution in [3.8, 4) is 6.07 Å². The van der Waals surface area contributed by atoms with Crippen LogP contribution in [-0.4, -0.2) is 11.2 Å². The third-order valence-corrected chi connectivity index (χ3v) is 1.52. The number of nitrogens with zero attached hydrogens (tertiary/aromatic N) is 1. The Kier molecular flexibility index (Phi) is 2.78. The molecule has 1 rings (SSSR count).